The van der Waals surface area contributed by atoms with Crippen molar-refractivity contribution in [1.82, 2.24) is 14.8 Å². The lowest BCUT2D eigenvalue weighted by atomic mass is 10.1. The zero-order chi connectivity index (χ0) is 25.1. The Balaban J connectivity index is 1.59. The molecule has 0 fully saturated rings. The third-order valence-electron chi connectivity index (χ3n) is 5.85. The van der Waals surface area contributed by atoms with Gasteiger partial charge >= 0.3 is 5.97 Å². The molecule has 0 spiro atoms. The van der Waals surface area contributed by atoms with E-state index in [2.05, 4.69) is 5.10 Å². The number of hydrogen-bond donors (Lipinski definition) is 0. The van der Waals surface area contributed by atoms with Crippen molar-refractivity contribution in [3.8, 4) is 22.7 Å². The zero-order valence-corrected chi connectivity index (χ0v) is 19.8. The summed E-state index contributed by atoms with van der Waals surface area (Å²) in [6.07, 6.45) is 0. The molecule has 178 valence electrons. The summed E-state index contributed by atoms with van der Waals surface area (Å²) in [4.78, 5) is 30.7. The Morgan fingerprint density at radius 2 is 1.56 bits per heavy atom. The molecule has 0 aliphatic heterocycles. The number of carbonyl (C=O) groups excluding carboxylic acids is 2. The fourth-order valence-corrected chi connectivity index (χ4v) is 4.03. The summed E-state index contributed by atoms with van der Waals surface area (Å²) in [6.45, 7) is 1.46. The van der Waals surface area contributed by atoms with Crippen LogP contribution in [-0.4, -0.2) is 40.2 Å². The monoisotopic (exact) mass is 477 g/mol. The number of methoxy groups -OCH3 is 1. The molecule has 2 aromatic heterocycles. The topological polar surface area (TPSA) is 83.3 Å². The molecular weight excluding hydrogens is 454 g/mol. The van der Waals surface area contributed by atoms with Gasteiger partial charge in [-0.3, -0.25) is 4.79 Å². The molecule has 5 aromatic rings. The number of pyridine rings is 1. The van der Waals surface area contributed by atoms with Crippen LogP contribution in [-0.2, 0) is 4.74 Å². The van der Waals surface area contributed by atoms with Gasteiger partial charge in [0, 0.05) is 11.1 Å². The molecule has 0 radical (unpaired) electrons. The highest BCUT2D eigenvalue weighted by atomic mass is 16.5. The first-order valence-corrected chi connectivity index (χ1v) is 11.4. The van der Waals surface area contributed by atoms with Gasteiger partial charge in [-0.15, -0.1) is 0 Å². The first-order valence-electron chi connectivity index (χ1n) is 11.4. The maximum absolute atomic E-state index is 13.3. The number of benzene rings is 3. The van der Waals surface area contributed by atoms with Gasteiger partial charge in [-0.25, -0.2) is 14.5 Å². The molecule has 5 rings (SSSR count). The van der Waals surface area contributed by atoms with Gasteiger partial charge < -0.3 is 9.47 Å². The van der Waals surface area contributed by atoms with Crippen LogP contribution in [0.5, 0.6) is 5.75 Å². The second kappa shape index (κ2) is 9.84. The number of ketones is 1. The molecule has 0 aliphatic carbocycles. The van der Waals surface area contributed by atoms with Gasteiger partial charge in [0.25, 0.3) is 0 Å². The molecule has 7 nitrogen and oxygen atoms in total. The molecule has 2 heterocycles. The quantitative estimate of drug-likeness (QED) is 0.229. The minimum atomic E-state index is -0.614. The highest BCUT2D eigenvalue weighted by Gasteiger charge is 2.22. The third kappa shape index (κ3) is 4.46. The molecule has 0 bridgehead atoms. The number of fused-ring (bicyclic) bond motifs is 1. The summed E-state index contributed by atoms with van der Waals surface area (Å²) in [5.74, 6) is -0.178. The van der Waals surface area contributed by atoms with Crippen molar-refractivity contribution in [2.45, 2.75) is 6.92 Å². The van der Waals surface area contributed by atoms with Crippen molar-refractivity contribution in [3.05, 3.63) is 108 Å². The van der Waals surface area contributed by atoms with Crippen LogP contribution in [0.3, 0.4) is 0 Å². The van der Waals surface area contributed by atoms with Gasteiger partial charge in [-0.1, -0.05) is 48.5 Å². The lowest BCUT2D eigenvalue weighted by Gasteiger charge is -2.10. The standard InChI is InChI=1S/C29H23N3O4/c1-19-27-24(29(34)36-18-26(33)21-9-5-3-6-10-21)17-25(20-13-15-23(35-2)16-14-20)30-28(27)32(31-19)22-11-7-4-8-12-22/h3-17H,18H2,1-2H3. The summed E-state index contributed by atoms with van der Waals surface area (Å²) in [5.41, 5.74) is 4.11. The van der Waals surface area contributed by atoms with Gasteiger partial charge in [-0.2, -0.15) is 5.10 Å². The van der Waals surface area contributed by atoms with E-state index in [1.807, 2.05) is 67.6 Å². The highest BCUT2D eigenvalue weighted by Crippen LogP contribution is 2.30. The minimum Gasteiger partial charge on any atom is -0.497 e. The number of rotatable bonds is 7. The molecule has 0 amide bonds. The molecule has 0 saturated carbocycles. The highest BCUT2D eigenvalue weighted by molar-refractivity contribution is 6.06. The van der Waals surface area contributed by atoms with E-state index in [-0.39, 0.29) is 12.4 Å². The predicted molar refractivity (Wildman–Crippen MR) is 137 cm³/mol. The number of ether oxygens (including phenoxy) is 2. The molecule has 3 aromatic carbocycles. The molecule has 0 atom stereocenters. The number of carbonyl (C=O) groups is 2. The van der Waals surface area contributed by atoms with Gasteiger partial charge in [0.15, 0.2) is 18.0 Å². The molecule has 7 heteroatoms. The number of nitrogens with zero attached hydrogens (tertiary/aromatic N) is 3. The van der Waals surface area contributed by atoms with E-state index >= 15 is 0 Å². The van der Waals surface area contributed by atoms with E-state index in [4.69, 9.17) is 14.5 Å². The Bertz CT molecular complexity index is 1540. The van der Waals surface area contributed by atoms with Gasteiger partial charge in [0.2, 0.25) is 0 Å². The Morgan fingerprint density at radius 3 is 2.22 bits per heavy atom. The first-order chi connectivity index (χ1) is 17.5. The molecule has 0 saturated heterocycles. The maximum atomic E-state index is 13.3. The number of aromatic nitrogens is 3. The van der Waals surface area contributed by atoms with E-state index < -0.39 is 5.97 Å². The van der Waals surface area contributed by atoms with Crippen LogP contribution in [0.4, 0.5) is 0 Å². The minimum absolute atomic E-state index is 0.277. The number of hydrogen-bond acceptors (Lipinski definition) is 6. The average Bonchev–Trinajstić information content (AvgIpc) is 3.28. The predicted octanol–water partition coefficient (Wildman–Crippen LogP) is 5.44. The van der Waals surface area contributed by atoms with Crippen molar-refractivity contribution in [1.29, 1.82) is 0 Å². The lowest BCUT2D eigenvalue weighted by molar-refractivity contribution is 0.0476. The Labute approximate surface area is 207 Å². The van der Waals surface area contributed by atoms with Crippen LogP contribution in [0, 0.1) is 6.92 Å². The van der Waals surface area contributed by atoms with Crippen molar-refractivity contribution >= 4 is 22.8 Å². The normalized spacial score (nSPS) is 10.8. The summed E-state index contributed by atoms with van der Waals surface area (Å²) < 4.78 is 12.5. The first kappa shape index (κ1) is 23.0. The van der Waals surface area contributed by atoms with E-state index in [9.17, 15) is 9.59 Å². The van der Waals surface area contributed by atoms with Gasteiger partial charge in [0.05, 0.1) is 35.1 Å². The van der Waals surface area contributed by atoms with Gasteiger partial charge in [0.1, 0.15) is 5.75 Å². The lowest BCUT2D eigenvalue weighted by Crippen LogP contribution is -2.15. The molecule has 0 unspecified atom stereocenters. The fourth-order valence-electron chi connectivity index (χ4n) is 4.03. The second-order valence-electron chi connectivity index (χ2n) is 8.18. The van der Waals surface area contributed by atoms with Crippen LogP contribution in [0.25, 0.3) is 28.0 Å². The SMILES string of the molecule is COc1ccc(-c2cc(C(=O)OCC(=O)c3ccccc3)c3c(C)nn(-c4ccccc4)c3n2)cc1. The largest absolute Gasteiger partial charge is 0.497 e. The third-order valence-corrected chi connectivity index (χ3v) is 5.85. The molecular formula is C29H23N3O4. The van der Waals surface area contributed by atoms with Crippen molar-refractivity contribution in [3.63, 3.8) is 0 Å². The van der Waals surface area contributed by atoms with Crippen LogP contribution < -0.4 is 4.74 Å². The van der Waals surface area contributed by atoms with Crippen molar-refractivity contribution in [2.75, 3.05) is 13.7 Å². The summed E-state index contributed by atoms with van der Waals surface area (Å²) in [6, 6.07) is 27.4. The molecule has 0 aliphatic rings. The van der Waals surface area contributed by atoms with Crippen molar-refractivity contribution in [2.24, 2.45) is 0 Å². The Kier molecular flexibility index (Phi) is 6.28. The van der Waals surface area contributed by atoms with E-state index in [0.29, 0.717) is 39.3 Å². The number of para-hydroxylation sites is 1. The Hall–Kier alpha value is -4.78. The number of esters is 1. The van der Waals surface area contributed by atoms with E-state index in [0.717, 1.165) is 11.3 Å². The van der Waals surface area contributed by atoms with Crippen LogP contribution in [0.2, 0.25) is 0 Å². The Morgan fingerprint density at radius 1 is 0.889 bits per heavy atom. The summed E-state index contributed by atoms with van der Waals surface area (Å²) >= 11 is 0. The van der Waals surface area contributed by atoms with E-state index in [1.54, 1.807) is 42.1 Å². The van der Waals surface area contributed by atoms with Crippen molar-refractivity contribution < 1.29 is 19.1 Å². The zero-order valence-electron chi connectivity index (χ0n) is 19.8. The van der Waals surface area contributed by atoms with Crippen LogP contribution in [0.15, 0.2) is 91.0 Å². The smallest absolute Gasteiger partial charge is 0.339 e. The second-order valence-corrected chi connectivity index (χ2v) is 8.18. The maximum Gasteiger partial charge on any atom is 0.339 e. The summed E-state index contributed by atoms with van der Waals surface area (Å²) in [7, 11) is 1.60. The van der Waals surface area contributed by atoms with Crippen LogP contribution in [0.1, 0.15) is 26.4 Å². The number of Topliss-reactive ketones (excluding diaryl/α,β-unsaturated/α-hetero) is 1. The fraction of sp³-hybridized carbons (Fsp3) is 0.103. The molecule has 36 heavy (non-hydrogen) atoms. The number of aryl methyl sites for hydroxylation is 1. The molecule has 0 N–H and O–H groups in total. The van der Waals surface area contributed by atoms with E-state index in [1.165, 1.54) is 0 Å². The average molecular weight is 478 g/mol. The summed E-state index contributed by atoms with van der Waals surface area (Å²) in [5, 5.41) is 5.24. The van der Waals surface area contributed by atoms with Gasteiger partial charge in [-0.05, 0) is 49.4 Å². The van der Waals surface area contributed by atoms with Crippen LogP contribution >= 0.6 is 0 Å².